The van der Waals surface area contributed by atoms with Crippen LogP contribution in [0.5, 0.6) is 0 Å². The lowest BCUT2D eigenvalue weighted by Gasteiger charge is -2.10. The number of ketones is 1. The molecule has 0 saturated heterocycles. The van der Waals surface area contributed by atoms with Crippen molar-refractivity contribution in [3.05, 3.63) is 47.0 Å². The average molecular weight is 390 g/mol. The first-order valence-corrected chi connectivity index (χ1v) is 9.58. The number of carbonyl (C=O) groups excluding carboxylic acids is 1. The zero-order chi connectivity index (χ0) is 19.1. The van der Waals surface area contributed by atoms with E-state index in [1.165, 1.54) is 0 Å². The highest BCUT2D eigenvalue weighted by atomic mass is 35.5. The van der Waals surface area contributed by atoms with Crippen molar-refractivity contribution in [2.45, 2.75) is 11.1 Å². The molecule has 0 aliphatic rings. The maximum Gasteiger partial charge on any atom is 0.247 e. The van der Waals surface area contributed by atoms with Crippen LogP contribution in [0.2, 0.25) is 5.02 Å². The van der Waals surface area contributed by atoms with E-state index in [4.69, 9.17) is 11.6 Å². The van der Waals surface area contributed by atoms with Gasteiger partial charge in [0, 0.05) is 13.3 Å². The predicted molar refractivity (Wildman–Crippen MR) is 93.6 cm³/mol. The first kappa shape index (κ1) is 18.0. The molecular weight excluding hydrogens is 378 g/mol. The first-order chi connectivity index (χ1) is 12.2. The summed E-state index contributed by atoms with van der Waals surface area (Å²) in [5.41, 5.74) is 1.05. The second kappa shape index (κ2) is 6.48. The van der Waals surface area contributed by atoms with Gasteiger partial charge in [-0.15, -0.1) is 0 Å². The molecule has 0 N–H and O–H groups in total. The van der Waals surface area contributed by atoms with Crippen molar-refractivity contribution >= 4 is 38.3 Å². The number of hydrogen-bond donors (Lipinski definition) is 0. The molecule has 2 aromatic heterocycles. The highest BCUT2D eigenvalue weighted by Gasteiger charge is 2.30. The molecule has 0 aliphatic carbocycles. The van der Waals surface area contributed by atoms with Crippen LogP contribution in [0.3, 0.4) is 0 Å². The standard InChI is InChI=1S/C16H12ClN5O3S/c1-22-12-6-4-3-5-11(12)20-15(22)9(7-18)14(23)13-10(17)8-19-16(21-13)26(2,24)25/h3-6,8-9H,1-2H3/t9-/m0/s1. The number of aryl methyl sites for hydroxylation is 1. The summed E-state index contributed by atoms with van der Waals surface area (Å²) in [5, 5.41) is 8.88. The minimum Gasteiger partial charge on any atom is -0.330 e. The van der Waals surface area contributed by atoms with Crippen LogP contribution in [0, 0.1) is 11.3 Å². The van der Waals surface area contributed by atoms with E-state index in [9.17, 15) is 18.5 Å². The Labute approximate surface area is 154 Å². The Morgan fingerprint density at radius 2 is 2.00 bits per heavy atom. The lowest BCUT2D eigenvalue weighted by atomic mass is 10.0. The molecule has 10 heteroatoms. The number of hydrogen-bond acceptors (Lipinski definition) is 7. The van der Waals surface area contributed by atoms with Gasteiger partial charge in [-0.25, -0.2) is 23.4 Å². The van der Waals surface area contributed by atoms with E-state index in [0.717, 1.165) is 18.0 Å². The fraction of sp³-hybridized carbons (Fsp3) is 0.188. The Hall–Kier alpha value is -2.83. The van der Waals surface area contributed by atoms with Gasteiger partial charge in [0.1, 0.15) is 11.5 Å². The highest BCUT2D eigenvalue weighted by molar-refractivity contribution is 7.90. The molecule has 8 nitrogen and oxygen atoms in total. The number of nitriles is 1. The average Bonchev–Trinajstić information content (AvgIpc) is 2.92. The van der Waals surface area contributed by atoms with Gasteiger partial charge >= 0.3 is 0 Å². The smallest absolute Gasteiger partial charge is 0.247 e. The first-order valence-electron chi connectivity index (χ1n) is 7.32. The Bertz CT molecular complexity index is 1180. The van der Waals surface area contributed by atoms with Gasteiger partial charge in [0.25, 0.3) is 0 Å². The molecule has 3 rings (SSSR count). The molecule has 1 atom stereocenters. The molecule has 0 unspecified atom stereocenters. The summed E-state index contributed by atoms with van der Waals surface area (Å²) in [6, 6.07) is 9.08. The number of carbonyl (C=O) groups is 1. The molecule has 0 bridgehead atoms. The number of aromatic nitrogens is 4. The van der Waals surface area contributed by atoms with Crippen LogP contribution in [0.15, 0.2) is 35.6 Å². The molecule has 0 saturated carbocycles. The number of sulfone groups is 1. The van der Waals surface area contributed by atoms with Crippen LogP contribution >= 0.6 is 11.6 Å². The van der Waals surface area contributed by atoms with E-state index in [1.807, 2.05) is 18.2 Å². The number of halogens is 1. The topological polar surface area (TPSA) is 119 Å². The number of fused-ring (bicyclic) bond motifs is 1. The third kappa shape index (κ3) is 3.05. The van der Waals surface area contributed by atoms with Crippen LogP contribution in [-0.4, -0.2) is 40.0 Å². The van der Waals surface area contributed by atoms with Gasteiger partial charge < -0.3 is 4.57 Å². The molecular formula is C16H12ClN5O3S. The minimum absolute atomic E-state index is 0.138. The van der Waals surface area contributed by atoms with Gasteiger partial charge in [0.15, 0.2) is 5.92 Å². The Kier molecular flexibility index (Phi) is 4.48. The van der Waals surface area contributed by atoms with Crippen LogP contribution < -0.4 is 0 Å². The van der Waals surface area contributed by atoms with Crippen LogP contribution in [0.1, 0.15) is 22.2 Å². The lowest BCUT2D eigenvalue weighted by Crippen LogP contribution is -2.19. The second-order valence-electron chi connectivity index (χ2n) is 5.57. The molecule has 1 aromatic carbocycles. The van der Waals surface area contributed by atoms with Crippen LogP contribution in [-0.2, 0) is 16.9 Å². The van der Waals surface area contributed by atoms with E-state index < -0.39 is 26.7 Å². The fourth-order valence-corrected chi connectivity index (χ4v) is 3.18. The second-order valence-corrected chi connectivity index (χ2v) is 7.88. The fourth-order valence-electron chi connectivity index (χ4n) is 2.50. The number of para-hydroxylation sites is 2. The highest BCUT2D eigenvalue weighted by Crippen LogP contribution is 2.26. The zero-order valence-electron chi connectivity index (χ0n) is 13.7. The van der Waals surface area contributed by atoms with Crippen LogP contribution in [0.25, 0.3) is 11.0 Å². The summed E-state index contributed by atoms with van der Waals surface area (Å²) in [5.74, 6) is -1.83. The molecule has 0 fully saturated rings. The van der Waals surface area contributed by atoms with Crippen molar-refractivity contribution in [3.8, 4) is 6.07 Å². The van der Waals surface area contributed by atoms with Crippen molar-refractivity contribution in [1.82, 2.24) is 19.5 Å². The summed E-state index contributed by atoms with van der Waals surface area (Å²) in [7, 11) is -2.05. The van der Waals surface area contributed by atoms with Gasteiger partial charge in [-0.2, -0.15) is 5.26 Å². The predicted octanol–water partition coefficient (Wildman–Crippen LogP) is 1.91. The summed E-state index contributed by atoms with van der Waals surface area (Å²) >= 11 is 5.97. The number of Topliss-reactive ketones (excluding diaryl/α,β-unsaturated/α-hetero) is 1. The SMILES string of the molecule is Cn1c([C@@H](C#N)C(=O)c2nc(S(C)(=O)=O)ncc2Cl)nc2ccccc21. The quantitative estimate of drug-likeness (QED) is 0.493. The summed E-state index contributed by atoms with van der Waals surface area (Å²) in [6.07, 6.45) is 1.94. The Morgan fingerprint density at radius 1 is 1.31 bits per heavy atom. The van der Waals surface area contributed by atoms with Crippen molar-refractivity contribution in [3.63, 3.8) is 0 Å². The van der Waals surface area contributed by atoms with Gasteiger partial charge in [-0.3, -0.25) is 4.79 Å². The monoisotopic (exact) mass is 389 g/mol. The van der Waals surface area contributed by atoms with Gasteiger partial charge in [0.05, 0.1) is 28.3 Å². The maximum absolute atomic E-state index is 12.9. The molecule has 26 heavy (non-hydrogen) atoms. The van der Waals surface area contributed by atoms with Gasteiger partial charge in [-0.1, -0.05) is 23.7 Å². The number of imidazole rings is 1. The summed E-state index contributed by atoms with van der Waals surface area (Å²) in [4.78, 5) is 24.6. The minimum atomic E-state index is -3.74. The molecule has 2 heterocycles. The maximum atomic E-state index is 12.9. The Balaban J connectivity index is 2.13. The number of rotatable bonds is 4. The number of nitrogens with zero attached hydrogens (tertiary/aromatic N) is 5. The van der Waals surface area contributed by atoms with Gasteiger partial charge in [0.2, 0.25) is 20.8 Å². The van der Waals surface area contributed by atoms with E-state index in [-0.39, 0.29) is 16.5 Å². The number of benzene rings is 1. The van der Waals surface area contributed by atoms with E-state index >= 15 is 0 Å². The third-order valence-corrected chi connectivity index (χ3v) is 4.89. The molecule has 0 aliphatic heterocycles. The Morgan fingerprint density at radius 3 is 2.62 bits per heavy atom. The van der Waals surface area contributed by atoms with E-state index in [0.29, 0.717) is 5.52 Å². The van der Waals surface area contributed by atoms with Crippen molar-refractivity contribution in [2.24, 2.45) is 7.05 Å². The normalized spacial score (nSPS) is 12.7. The van der Waals surface area contributed by atoms with E-state index in [1.54, 1.807) is 23.7 Å². The molecule has 132 valence electrons. The molecule has 0 amide bonds. The molecule has 0 radical (unpaired) electrons. The molecule has 3 aromatic rings. The van der Waals surface area contributed by atoms with E-state index in [2.05, 4.69) is 15.0 Å². The summed E-state index contributed by atoms with van der Waals surface area (Å²) < 4.78 is 24.9. The molecule has 0 spiro atoms. The van der Waals surface area contributed by atoms with Crippen LogP contribution in [0.4, 0.5) is 0 Å². The summed E-state index contributed by atoms with van der Waals surface area (Å²) in [6.45, 7) is 0. The third-order valence-electron chi connectivity index (χ3n) is 3.76. The largest absolute Gasteiger partial charge is 0.330 e. The zero-order valence-corrected chi connectivity index (χ0v) is 15.3. The van der Waals surface area contributed by atoms with Gasteiger partial charge in [-0.05, 0) is 12.1 Å². The van der Waals surface area contributed by atoms with Crippen molar-refractivity contribution < 1.29 is 13.2 Å². The van der Waals surface area contributed by atoms with Crippen molar-refractivity contribution in [2.75, 3.05) is 6.26 Å². The lowest BCUT2D eigenvalue weighted by molar-refractivity contribution is 0.0969. The van der Waals surface area contributed by atoms with Crippen molar-refractivity contribution in [1.29, 1.82) is 5.26 Å².